The molecule has 2 N–H and O–H groups in total. The van der Waals surface area contributed by atoms with E-state index in [4.69, 9.17) is 0 Å². The molecule has 2 rings (SSSR count). The quantitative estimate of drug-likeness (QED) is 0.768. The topological polar surface area (TPSA) is 71.1 Å². The van der Waals surface area contributed by atoms with E-state index in [0.29, 0.717) is 20.5 Å². The van der Waals surface area contributed by atoms with Gasteiger partial charge in [0.2, 0.25) is 0 Å². The van der Waals surface area contributed by atoms with Gasteiger partial charge >= 0.3 is 0 Å². The molecule has 0 bridgehead atoms. The van der Waals surface area contributed by atoms with Crippen molar-refractivity contribution < 1.29 is 8.42 Å². The summed E-state index contributed by atoms with van der Waals surface area (Å²) in [5, 5.41) is 2.77. The summed E-state index contributed by atoms with van der Waals surface area (Å²) < 4.78 is 29.0. The van der Waals surface area contributed by atoms with Gasteiger partial charge in [0.25, 0.3) is 10.0 Å². The molecule has 1 aromatic carbocycles. The van der Waals surface area contributed by atoms with Crippen LogP contribution in [0.1, 0.15) is 5.56 Å². The summed E-state index contributed by atoms with van der Waals surface area (Å²) in [5.41, 5.74) is 1.46. The van der Waals surface area contributed by atoms with Crippen molar-refractivity contribution in [2.75, 3.05) is 17.1 Å². The molecular formula is C13H13Br2N3O2S. The highest BCUT2D eigenvalue weighted by molar-refractivity contribution is 9.11. The van der Waals surface area contributed by atoms with Crippen LogP contribution in [-0.2, 0) is 10.0 Å². The van der Waals surface area contributed by atoms with Crippen LogP contribution >= 0.6 is 31.9 Å². The largest absolute Gasteiger partial charge is 0.372 e. The summed E-state index contributed by atoms with van der Waals surface area (Å²) in [6.45, 7) is 1.92. The molecule has 8 heteroatoms. The molecule has 0 spiro atoms. The average molecular weight is 435 g/mol. The zero-order valence-corrected chi connectivity index (χ0v) is 15.3. The lowest BCUT2D eigenvalue weighted by molar-refractivity contribution is 0.601. The highest BCUT2D eigenvalue weighted by Gasteiger charge is 2.21. The molecule has 0 aliphatic heterocycles. The van der Waals surface area contributed by atoms with Crippen LogP contribution < -0.4 is 10.0 Å². The van der Waals surface area contributed by atoms with E-state index in [9.17, 15) is 8.42 Å². The molecule has 21 heavy (non-hydrogen) atoms. The van der Waals surface area contributed by atoms with Gasteiger partial charge in [-0.15, -0.1) is 0 Å². The fraction of sp³-hybridized carbons (Fsp3) is 0.154. The van der Waals surface area contributed by atoms with Gasteiger partial charge in [0.15, 0.2) is 0 Å². The van der Waals surface area contributed by atoms with Gasteiger partial charge in [-0.3, -0.25) is 4.72 Å². The molecule has 0 aliphatic rings. The Balaban J connectivity index is 2.48. The first-order chi connectivity index (χ1) is 9.85. The first kappa shape index (κ1) is 16.3. The van der Waals surface area contributed by atoms with E-state index in [1.165, 1.54) is 12.3 Å². The number of hydrogen-bond acceptors (Lipinski definition) is 4. The molecule has 0 saturated heterocycles. The Hall–Kier alpha value is -1.12. The number of pyridine rings is 1. The molecule has 0 atom stereocenters. The first-order valence-corrected chi connectivity index (χ1v) is 9.03. The van der Waals surface area contributed by atoms with Gasteiger partial charge < -0.3 is 5.32 Å². The van der Waals surface area contributed by atoms with E-state index < -0.39 is 10.0 Å². The predicted molar refractivity (Wildman–Crippen MR) is 91.2 cm³/mol. The third-order valence-corrected chi connectivity index (χ3v) is 5.35. The third kappa shape index (κ3) is 3.56. The summed E-state index contributed by atoms with van der Waals surface area (Å²) in [5.74, 6) is 0.296. The molecule has 1 aromatic heterocycles. The van der Waals surface area contributed by atoms with Crippen LogP contribution in [0.4, 0.5) is 11.5 Å². The minimum Gasteiger partial charge on any atom is -0.372 e. The van der Waals surface area contributed by atoms with Gasteiger partial charge in [0.05, 0.1) is 5.69 Å². The Bertz CT molecular complexity index is 756. The van der Waals surface area contributed by atoms with Crippen LogP contribution in [0, 0.1) is 6.92 Å². The number of benzene rings is 1. The van der Waals surface area contributed by atoms with Crippen molar-refractivity contribution in [3.63, 3.8) is 0 Å². The highest BCUT2D eigenvalue weighted by atomic mass is 79.9. The van der Waals surface area contributed by atoms with E-state index in [2.05, 4.69) is 46.9 Å². The lowest BCUT2D eigenvalue weighted by Crippen LogP contribution is -2.16. The zero-order valence-electron chi connectivity index (χ0n) is 11.3. The minimum absolute atomic E-state index is 0.0897. The molecular weight excluding hydrogens is 422 g/mol. The number of nitrogens with one attached hydrogen (secondary N) is 2. The summed E-state index contributed by atoms with van der Waals surface area (Å²) >= 11 is 6.74. The van der Waals surface area contributed by atoms with Crippen LogP contribution in [0.2, 0.25) is 0 Å². The van der Waals surface area contributed by atoms with Crippen molar-refractivity contribution in [2.45, 2.75) is 11.8 Å². The molecule has 2 aromatic rings. The maximum Gasteiger partial charge on any atom is 0.265 e. The zero-order chi connectivity index (χ0) is 15.6. The van der Waals surface area contributed by atoms with Crippen molar-refractivity contribution in [1.29, 1.82) is 0 Å². The Labute approximate surface area is 140 Å². The van der Waals surface area contributed by atoms with Crippen molar-refractivity contribution in [1.82, 2.24) is 4.98 Å². The molecule has 112 valence electrons. The van der Waals surface area contributed by atoms with Crippen LogP contribution in [0.5, 0.6) is 0 Å². The maximum atomic E-state index is 12.5. The number of aromatic nitrogens is 1. The van der Waals surface area contributed by atoms with Crippen molar-refractivity contribution in [3.8, 4) is 0 Å². The number of sulfonamides is 1. The predicted octanol–water partition coefficient (Wildman–Crippen LogP) is 3.76. The van der Waals surface area contributed by atoms with Gasteiger partial charge in [0.1, 0.15) is 10.7 Å². The summed E-state index contributed by atoms with van der Waals surface area (Å²) in [7, 11) is -2.12. The number of aryl methyl sites for hydroxylation is 1. The second-order valence-electron chi connectivity index (χ2n) is 4.31. The second kappa shape index (κ2) is 6.33. The van der Waals surface area contributed by atoms with Crippen LogP contribution in [0.15, 0.2) is 44.3 Å². The summed E-state index contributed by atoms with van der Waals surface area (Å²) in [4.78, 5) is 4.10. The summed E-state index contributed by atoms with van der Waals surface area (Å²) in [6, 6.07) is 6.75. The Morgan fingerprint density at radius 1 is 1.19 bits per heavy atom. The van der Waals surface area contributed by atoms with E-state index in [0.717, 1.165) is 5.56 Å². The van der Waals surface area contributed by atoms with Crippen molar-refractivity contribution >= 4 is 53.4 Å². The molecule has 0 fully saturated rings. The highest BCUT2D eigenvalue weighted by Crippen LogP contribution is 2.34. The van der Waals surface area contributed by atoms with Gasteiger partial charge in [-0.1, -0.05) is 0 Å². The molecule has 0 amide bonds. The van der Waals surface area contributed by atoms with E-state index in [1.54, 1.807) is 13.1 Å². The fourth-order valence-corrected chi connectivity index (χ4v) is 4.92. The molecule has 0 unspecified atom stereocenters. The normalized spacial score (nSPS) is 11.2. The van der Waals surface area contributed by atoms with Gasteiger partial charge in [-0.25, -0.2) is 13.4 Å². The van der Waals surface area contributed by atoms with Crippen LogP contribution in [0.25, 0.3) is 0 Å². The minimum atomic E-state index is -3.75. The smallest absolute Gasteiger partial charge is 0.265 e. The van der Waals surface area contributed by atoms with E-state index >= 15 is 0 Å². The maximum absolute atomic E-state index is 12.5. The van der Waals surface area contributed by atoms with Gasteiger partial charge in [-0.05, 0) is 68.6 Å². The lowest BCUT2D eigenvalue weighted by atomic mass is 10.2. The van der Waals surface area contributed by atoms with Crippen LogP contribution in [0.3, 0.4) is 0 Å². The van der Waals surface area contributed by atoms with E-state index in [1.807, 2.05) is 19.1 Å². The summed E-state index contributed by atoms with van der Waals surface area (Å²) in [6.07, 6.45) is 1.53. The van der Waals surface area contributed by atoms with Crippen LogP contribution in [-0.4, -0.2) is 20.4 Å². The molecule has 0 saturated carbocycles. The van der Waals surface area contributed by atoms with E-state index in [-0.39, 0.29) is 4.90 Å². The number of anilines is 2. The third-order valence-electron chi connectivity index (χ3n) is 2.72. The van der Waals surface area contributed by atoms with Gasteiger partial charge in [-0.2, -0.15) is 0 Å². The molecule has 5 nitrogen and oxygen atoms in total. The first-order valence-electron chi connectivity index (χ1n) is 5.96. The molecule has 1 heterocycles. The SMILES string of the molecule is CNc1ncccc1S(=O)(=O)Nc1c(Br)cc(C)cc1Br. The lowest BCUT2D eigenvalue weighted by Gasteiger charge is -2.14. The fourth-order valence-electron chi connectivity index (χ4n) is 1.78. The second-order valence-corrected chi connectivity index (χ2v) is 7.67. The Kier molecular flexibility index (Phi) is 4.90. The number of halogens is 2. The molecule has 0 radical (unpaired) electrons. The monoisotopic (exact) mass is 433 g/mol. The number of nitrogens with zero attached hydrogens (tertiary/aromatic N) is 1. The van der Waals surface area contributed by atoms with Crippen molar-refractivity contribution in [3.05, 3.63) is 45.0 Å². The standard InChI is InChI=1S/C13H13Br2N3O2S/c1-8-6-9(14)12(10(15)7-8)18-21(19,20)11-4-3-5-17-13(11)16-2/h3-7,18H,1-2H3,(H,16,17). The molecule has 0 aliphatic carbocycles. The number of hydrogen-bond donors (Lipinski definition) is 2. The Morgan fingerprint density at radius 3 is 2.38 bits per heavy atom. The van der Waals surface area contributed by atoms with Crippen molar-refractivity contribution in [2.24, 2.45) is 0 Å². The number of rotatable bonds is 4. The van der Waals surface area contributed by atoms with Gasteiger partial charge in [0, 0.05) is 22.2 Å². The Morgan fingerprint density at radius 2 is 1.81 bits per heavy atom. The average Bonchev–Trinajstić information content (AvgIpc) is 2.43.